The van der Waals surface area contributed by atoms with Crippen LogP contribution in [0.4, 0.5) is 0 Å². The van der Waals surface area contributed by atoms with E-state index in [2.05, 4.69) is 13.5 Å². The lowest BCUT2D eigenvalue weighted by molar-refractivity contribution is 0.0621. The van der Waals surface area contributed by atoms with Crippen LogP contribution in [0.2, 0.25) is 0 Å². The van der Waals surface area contributed by atoms with Crippen LogP contribution in [-0.4, -0.2) is 49.2 Å². The molecule has 1 aliphatic rings. The molecule has 0 aliphatic carbocycles. The third kappa shape index (κ3) is 4.06. The number of amides is 1. The van der Waals surface area contributed by atoms with Gasteiger partial charge in [-0.05, 0) is 23.3 Å². The van der Waals surface area contributed by atoms with Crippen molar-refractivity contribution in [3.63, 3.8) is 0 Å². The molecule has 0 aromatic heterocycles. The van der Waals surface area contributed by atoms with Crippen LogP contribution in [-0.2, 0) is 10.0 Å². The van der Waals surface area contributed by atoms with Gasteiger partial charge in [0.15, 0.2) is 0 Å². The number of carbonyl (C=O) groups is 1. The second-order valence-corrected chi connectivity index (χ2v) is 8.73. The molecule has 5 nitrogen and oxygen atoms in total. The summed E-state index contributed by atoms with van der Waals surface area (Å²) in [4.78, 5) is 15.0. The maximum absolute atomic E-state index is 13.2. The minimum Gasteiger partial charge on any atom is -0.336 e. The molecule has 1 aliphatic heterocycles. The summed E-state index contributed by atoms with van der Waals surface area (Å²) in [5, 5.41) is 2.96. The number of hydrogen-bond donors (Lipinski definition) is 0. The zero-order chi connectivity index (χ0) is 19.4. The van der Waals surface area contributed by atoms with Gasteiger partial charge in [0, 0.05) is 36.6 Å². The summed E-state index contributed by atoms with van der Waals surface area (Å²) in [6.45, 7) is 6.63. The second-order valence-electron chi connectivity index (χ2n) is 6.90. The average molecular weight is 387 g/mol. The Balaban J connectivity index is 1.87. The minimum absolute atomic E-state index is 0.0380. The van der Waals surface area contributed by atoms with Crippen LogP contribution in [0.5, 0.6) is 0 Å². The van der Waals surface area contributed by atoms with Crippen LogP contribution < -0.4 is 0 Å². The molecule has 1 unspecified atom stereocenters. The van der Waals surface area contributed by atoms with Gasteiger partial charge in [0.05, 0.1) is 0 Å². The Labute approximate surface area is 161 Å². The third-order valence-electron chi connectivity index (χ3n) is 5.16. The smallest absolute Gasteiger partial charge is 0.254 e. The third-order valence-corrected chi connectivity index (χ3v) is 6.72. The molecule has 144 valence electrons. The molecule has 0 radical (unpaired) electrons. The molecule has 2 aromatic carbocycles. The largest absolute Gasteiger partial charge is 0.336 e. The van der Waals surface area contributed by atoms with Crippen molar-refractivity contribution in [3.8, 4) is 0 Å². The van der Waals surface area contributed by atoms with Crippen molar-refractivity contribution in [1.82, 2.24) is 9.21 Å². The van der Waals surface area contributed by atoms with Crippen molar-refractivity contribution in [1.29, 1.82) is 0 Å². The normalized spacial score (nSPS) is 18.6. The molecule has 1 fully saturated rings. The van der Waals surface area contributed by atoms with Crippen LogP contribution in [0.25, 0.3) is 10.8 Å². The van der Waals surface area contributed by atoms with Crippen LogP contribution in [0.3, 0.4) is 0 Å². The Morgan fingerprint density at radius 2 is 1.93 bits per heavy atom. The van der Waals surface area contributed by atoms with Crippen LogP contribution >= 0.6 is 0 Å². The Kier molecular flexibility index (Phi) is 5.97. The molecule has 1 amide bonds. The number of hydrogen-bond acceptors (Lipinski definition) is 3. The van der Waals surface area contributed by atoms with Crippen LogP contribution in [0.1, 0.15) is 36.5 Å². The van der Waals surface area contributed by atoms with Gasteiger partial charge in [-0.1, -0.05) is 62.7 Å². The Morgan fingerprint density at radius 1 is 1.19 bits per heavy atom. The molecular weight excluding hydrogens is 360 g/mol. The summed E-state index contributed by atoms with van der Waals surface area (Å²) < 4.78 is 26.2. The Morgan fingerprint density at radius 3 is 2.67 bits per heavy atom. The summed E-state index contributed by atoms with van der Waals surface area (Å²) in [6, 6.07) is 13.3. The highest BCUT2D eigenvalue weighted by molar-refractivity contribution is 7.92. The number of piperazine rings is 1. The quantitative estimate of drug-likeness (QED) is 0.762. The zero-order valence-corrected chi connectivity index (χ0v) is 16.5. The summed E-state index contributed by atoms with van der Waals surface area (Å²) >= 11 is 0. The van der Waals surface area contributed by atoms with Crippen molar-refractivity contribution in [2.45, 2.75) is 32.2 Å². The maximum atomic E-state index is 13.2. The molecule has 2 aromatic rings. The van der Waals surface area contributed by atoms with Crippen molar-refractivity contribution in [2.24, 2.45) is 0 Å². The average Bonchev–Trinajstić information content (AvgIpc) is 2.71. The van der Waals surface area contributed by atoms with Crippen molar-refractivity contribution >= 4 is 26.7 Å². The molecule has 3 rings (SSSR count). The highest BCUT2D eigenvalue weighted by atomic mass is 32.2. The predicted octanol–water partition coefficient (Wildman–Crippen LogP) is 3.63. The summed E-state index contributed by atoms with van der Waals surface area (Å²) in [7, 11) is -3.49. The fraction of sp³-hybridized carbons (Fsp3) is 0.381. The maximum Gasteiger partial charge on any atom is 0.254 e. The lowest BCUT2D eigenvalue weighted by atomic mass is 10.0. The highest BCUT2D eigenvalue weighted by Gasteiger charge is 2.35. The number of rotatable bonds is 6. The fourth-order valence-corrected chi connectivity index (χ4v) is 4.83. The number of fused-ring (bicyclic) bond motifs is 1. The van der Waals surface area contributed by atoms with Crippen molar-refractivity contribution in [3.05, 3.63) is 60.0 Å². The van der Waals surface area contributed by atoms with E-state index in [9.17, 15) is 13.2 Å². The standard InChI is InChI=1S/C21H26N2O3S/c1-3-5-11-18-16-22(14-15-23(18)27(25,26)4-2)21(24)20-13-8-10-17-9-6-7-12-19(17)20/h4,6-10,12-13,18H,2-3,5,11,14-16H2,1H3. The van der Waals surface area contributed by atoms with E-state index in [1.807, 2.05) is 42.5 Å². The molecule has 0 N–H and O–H groups in total. The summed E-state index contributed by atoms with van der Waals surface area (Å²) in [5.41, 5.74) is 0.669. The van der Waals surface area contributed by atoms with E-state index >= 15 is 0 Å². The molecular formula is C21H26N2O3S. The molecule has 1 heterocycles. The number of unbranched alkanes of at least 4 members (excludes halogenated alkanes) is 1. The predicted molar refractivity (Wildman–Crippen MR) is 109 cm³/mol. The number of benzene rings is 2. The first-order valence-electron chi connectivity index (χ1n) is 9.39. The molecule has 27 heavy (non-hydrogen) atoms. The van der Waals surface area contributed by atoms with Crippen molar-refractivity contribution < 1.29 is 13.2 Å². The first-order valence-corrected chi connectivity index (χ1v) is 10.9. The highest BCUT2D eigenvalue weighted by Crippen LogP contribution is 2.24. The lowest BCUT2D eigenvalue weighted by Crippen LogP contribution is -2.56. The van der Waals surface area contributed by atoms with Gasteiger partial charge in [0.25, 0.3) is 5.91 Å². The second kappa shape index (κ2) is 8.23. The van der Waals surface area contributed by atoms with E-state index in [1.54, 1.807) is 4.90 Å². The summed E-state index contributed by atoms with van der Waals surface area (Å²) in [6.07, 6.45) is 2.64. The molecule has 1 saturated heterocycles. The van der Waals surface area contributed by atoms with E-state index in [0.29, 0.717) is 25.2 Å². The van der Waals surface area contributed by atoms with Crippen LogP contribution in [0.15, 0.2) is 54.5 Å². The van der Waals surface area contributed by atoms with E-state index < -0.39 is 10.0 Å². The fourth-order valence-electron chi connectivity index (χ4n) is 3.71. The topological polar surface area (TPSA) is 57.7 Å². The lowest BCUT2D eigenvalue weighted by Gasteiger charge is -2.40. The van der Waals surface area contributed by atoms with Gasteiger partial charge >= 0.3 is 0 Å². The number of carbonyl (C=O) groups excluding carboxylic acids is 1. The number of nitrogens with zero attached hydrogens (tertiary/aromatic N) is 2. The van der Waals surface area contributed by atoms with Gasteiger partial charge < -0.3 is 4.90 Å². The SMILES string of the molecule is C=CS(=O)(=O)N1CCN(C(=O)c2cccc3ccccc23)CC1CCCC. The van der Waals surface area contributed by atoms with Gasteiger partial charge in [0.1, 0.15) is 0 Å². The van der Waals surface area contributed by atoms with E-state index in [-0.39, 0.29) is 11.9 Å². The monoisotopic (exact) mass is 386 g/mol. The van der Waals surface area contributed by atoms with Gasteiger partial charge in [-0.2, -0.15) is 4.31 Å². The van der Waals surface area contributed by atoms with Crippen molar-refractivity contribution in [2.75, 3.05) is 19.6 Å². The van der Waals surface area contributed by atoms with E-state index in [1.165, 1.54) is 4.31 Å². The molecule has 1 atom stereocenters. The molecule has 0 spiro atoms. The molecule has 0 saturated carbocycles. The van der Waals surface area contributed by atoms with E-state index in [4.69, 9.17) is 0 Å². The van der Waals surface area contributed by atoms with Gasteiger partial charge in [0.2, 0.25) is 10.0 Å². The molecule has 0 bridgehead atoms. The van der Waals surface area contributed by atoms with Gasteiger partial charge in [-0.15, -0.1) is 0 Å². The van der Waals surface area contributed by atoms with Gasteiger partial charge in [-0.25, -0.2) is 8.42 Å². The first-order chi connectivity index (χ1) is 13.0. The van der Waals surface area contributed by atoms with E-state index in [0.717, 1.165) is 35.4 Å². The zero-order valence-electron chi connectivity index (χ0n) is 15.7. The Bertz CT molecular complexity index is 934. The number of sulfonamides is 1. The first kappa shape index (κ1) is 19.6. The minimum atomic E-state index is -3.49. The van der Waals surface area contributed by atoms with Gasteiger partial charge in [-0.3, -0.25) is 4.79 Å². The molecule has 6 heteroatoms. The summed E-state index contributed by atoms with van der Waals surface area (Å²) in [5.74, 6) is -0.0380. The Hall–Kier alpha value is -2.18. The van der Waals surface area contributed by atoms with Crippen LogP contribution in [0, 0.1) is 0 Å².